The van der Waals surface area contributed by atoms with E-state index in [2.05, 4.69) is 15.4 Å². The summed E-state index contributed by atoms with van der Waals surface area (Å²) in [5.41, 5.74) is 2.45. The quantitative estimate of drug-likeness (QED) is 0.602. The van der Waals surface area contributed by atoms with Gasteiger partial charge in [0.15, 0.2) is 0 Å². The summed E-state index contributed by atoms with van der Waals surface area (Å²) in [6, 6.07) is 3.68. The molecule has 0 radical (unpaired) electrons. The molecular formula is C15H26ClN3O3S. The van der Waals surface area contributed by atoms with Crippen LogP contribution in [0.4, 0.5) is 0 Å². The SMILES string of the molecule is CNCCNC(=O)CCNS(=O)(=O)c1c(C)cc(C)cc1C.Cl. The first-order valence-electron chi connectivity index (χ1n) is 7.26. The second-order valence-corrected chi connectivity index (χ2v) is 7.03. The molecule has 0 heterocycles. The molecular weight excluding hydrogens is 338 g/mol. The van der Waals surface area contributed by atoms with Crippen LogP contribution in [0.15, 0.2) is 17.0 Å². The molecule has 1 amide bonds. The molecule has 0 aliphatic rings. The number of amides is 1. The van der Waals surface area contributed by atoms with Crippen LogP contribution in [0.3, 0.4) is 0 Å². The molecule has 0 aliphatic carbocycles. The van der Waals surface area contributed by atoms with Crippen molar-refractivity contribution in [3.05, 3.63) is 28.8 Å². The van der Waals surface area contributed by atoms with E-state index in [4.69, 9.17) is 0 Å². The summed E-state index contributed by atoms with van der Waals surface area (Å²) >= 11 is 0. The largest absolute Gasteiger partial charge is 0.355 e. The minimum atomic E-state index is -3.60. The number of aryl methyl sites for hydroxylation is 3. The van der Waals surface area contributed by atoms with Gasteiger partial charge in [0.2, 0.25) is 15.9 Å². The molecule has 0 bridgehead atoms. The van der Waals surface area contributed by atoms with Gasteiger partial charge >= 0.3 is 0 Å². The molecule has 1 rings (SSSR count). The van der Waals surface area contributed by atoms with Crippen molar-refractivity contribution in [3.8, 4) is 0 Å². The zero-order valence-corrected chi connectivity index (χ0v) is 15.7. The maximum Gasteiger partial charge on any atom is 0.241 e. The summed E-state index contributed by atoms with van der Waals surface area (Å²) in [5.74, 6) is -0.171. The summed E-state index contributed by atoms with van der Waals surface area (Å²) in [4.78, 5) is 11.8. The van der Waals surface area contributed by atoms with Crippen LogP contribution in [0, 0.1) is 20.8 Å². The monoisotopic (exact) mass is 363 g/mol. The number of benzene rings is 1. The van der Waals surface area contributed by atoms with Crippen LogP contribution in [0.5, 0.6) is 0 Å². The van der Waals surface area contributed by atoms with Gasteiger partial charge in [-0.2, -0.15) is 0 Å². The van der Waals surface area contributed by atoms with E-state index in [-0.39, 0.29) is 31.3 Å². The lowest BCUT2D eigenvalue weighted by molar-refractivity contribution is -0.120. The molecule has 0 saturated carbocycles. The highest BCUT2D eigenvalue weighted by molar-refractivity contribution is 7.89. The molecule has 1 aromatic carbocycles. The van der Waals surface area contributed by atoms with Gasteiger partial charge < -0.3 is 10.6 Å². The van der Waals surface area contributed by atoms with Crippen molar-refractivity contribution in [1.82, 2.24) is 15.4 Å². The Balaban J connectivity index is 0.00000484. The van der Waals surface area contributed by atoms with Gasteiger partial charge in [-0.25, -0.2) is 13.1 Å². The molecule has 132 valence electrons. The average molecular weight is 364 g/mol. The van der Waals surface area contributed by atoms with Gasteiger partial charge in [-0.3, -0.25) is 4.79 Å². The molecule has 0 unspecified atom stereocenters. The van der Waals surface area contributed by atoms with Crippen LogP contribution in [-0.2, 0) is 14.8 Å². The maximum absolute atomic E-state index is 12.4. The predicted octanol–water partition coefficient (Wildman–Crippen LogP) is 1.04. The number of halogens is 1. The first kappa shape index (κ1) is 21.9. The molecule has 0 atom stereocenters. The van der Waals surface area contributed by atoms with E-state index in [0.29, 0.717) is 29.1 Å². The highest BCUT2D eigenvalue weighted by atomic mass is 35.5. The summed E-state index contributed by atoms with van der Waals surface area (Å²) < 4.78 is 27.2. The standard InChI is InChI=1S/C15H25N3O3S.ClH/c1-11-9-12(2)15(13(3)10-11)22(20,21)18-6-5-14(19)17-8-7-16-4;/h9-10,16,18H,5-8H2,1-4H3,(H,17,19);1H. The van der Waals surface area contributed by atoms with Crippen LogP contribution in [0.1, 0.15) is 23.1 Å². The Bertz CT molecular complexity index is 610. The lowest BCUT2D eigenvalue weighted by atomic mass is 10.1. The van der Waals surface area contributed by atoms with Crippen LogP contribution >= 0.6 is 12.4 Å². The molecule has 0 fully saturated rings. The molecule has 0 spiro atoms. The first-order valence-corrected chi connectivity index (χ1v) is 8.75. The summed E-state index contributed by atoms with van der Waals surface area (Å²) in [6.45, 7) is 6.77. The Morgan fingerprint density at radius 3 is 2.13 bits per heavy atom. The van der Waals surface area contributed by atoms with Crippen LogP contribution in [0.25, 0.3) is 0 Å². The van der Waals surface area contributed by atoms with Crippen molar-refractivity contribution in [2.45, 2.75) is 32.1 Å². The molecule has 23 heavy (non-hydrogen) atoms. The average Bonchev–Trinajstić information content (AvgIpc) is 2.36. The van der Waals surface area contributed by atoms with E-state index in [0.717, 1.165) is 5.56 Å². The van der Waals surface area contributed by atoms with Crippen molar-refractivity contribution in [2.24, 2.45) is 0 Å². The summed E-state index contributed by atoms with van der Waals surface area (Å²) in [5, 5.41) is 5.62. The Kier molecular flexibility index (Phi) is 9.38. The van der Waals surface area contributed by atoms with E-state index in [1.807, 2.05) is 19.1 Å². The van der Waals surface area contributed by atoms with Crippen molar-refractivity contribution in [2.75, 3.05) is 26.7 Å². The fraction of sp³-hybridized carbons (Fsp3) is 0.533. The summed E-state index contributed by atoms with van der Waals surface area (Å²) in [6.07, 6.45) is 0.118. The highest BCUT2D eigenvalue weighted by Gasteiger charge is 2.19. The van der Waals surface area contributed by atoms with E-state index in [1.165, 1.54) is 0 Å². The minimum Gasteiger partial charge on any atom is -0.355 e. The molecule has 0 saturated heterocycles. The summed E-state index contributed by atoms with van der Waals surface area (Å²) in [7, 11) is -1.80. The van der Waals surface area contributed by atoms with Gasteiger partial charge in [-0.15, -0.1) is 12.4 Å². The van der Waals surface area contributed by atoms with Gasteiger partial charge in [0, 0.05) is 26.1 Å². The number of sulfonamides is 1. The number of nitrogens with one attached hydrogen (secondary N) is 3. The van der Waals surface area contributed by atoms with Crippen LogP contribution in [-0.4, -0.2) is 41.0 Å². The van der Waals surface area contributed by atoms with Crippen LogP contribution < -0.4 is 15.4 Å². The number of carbonyl (C=O) groups is 1. The molecule has 0 aromatic heterocycles. The zero-order chi connectivity index (χ0) is 16.8. The van der Waals surface area contributed by atoms with Crippen molar-refractivity contribution >= 4 is 28.3 Å². The predicted molar refractivity (Wildman–Crippen MR) is 94.6 cm³/mol. The third-order valence-corrected chi connectivity index (χ3v) is 4.98. The first-order chi connectivity index (χ1) is 10.3. The minimum absolute atomic E-state index is 0. The fourth-order valence-corrected chi connectivity index (χ4v) is 3.86. The van der Waals surface area contributed by atoms with E-state index < -0.39 is 10.0 Å². The lowest BCUT2D eigenvalue weighted by Gasteiger charge is -2.13. The Labute approximate surface area is 144 Å². The fourth-order valence-electron chi connectivity index (χ4n) is 2.38. The van der Waals surface area contributed by atoms with E-state index >= 15 is 0 Å². The normalized spacial score (nSPS) is 11.0. The number of likely N-dealkylation sites (N-methyl/N-ethyl adjacent to an activating group) is 1. The van der Waals surface area contributed by atoms with Gasteiger partial charge in [-0.1, -0.05) is 17.7 Å². The van der Waals surface area contributed by atoms with Gasteiger partial charge in [0.25, 0.3) is 0 Å². The van der Waals surface area contributed by atoms with Crippen molar-refractivity contribution < 1.29 is 13.2 Å². The zero-order valence-electron chi connectivity index (χ0n) is 14.0. The van der Waals surface area contributed by atoms with Crippen molar-refractivity contribution in [3.63, 3.8) is 0 Å². The maximum atomic E-state index is 12.4. The van der Waals surface area contributed by atoms with E-state index in [1.54, 1.807) is 20.9 Å². The Morgan fingerprint density at radius 2 is 1.61 bits per heavy atom. The molecule has 6 nitrogen and oxygen atoms in total. The van der Waals surface area contributed by atoms with Gasteiger partial charge in [0.1, 0.15) is 0 Å². The highest BCUT2D eigenvalue weighted by Crippen LogP contribution is 2.21. The Morgan fingerprint density at radius 1 is 1.04 bits per heavy atom. The molecule has 0 aliphatic heterocycles. The smallest absolute Gasteiger partial charge is 0.241 e. The molecule has 8 heteroatoms. The van der Waals surface area contributed by atoms with E-state index in [9.17, 15) is 13.2 Å². The molecule has 1 aromatic rings. The lowest BCUT2D eigenvalue weighted by Crippen LogP contribution is -2.34. The van der Waals surface area contributed by atoms with Crippen molar-refractivity contribution in [1.29, 1.82) is 0 Å². The third kappa shape index (κ3) is 6.87. The third-order valence-electron chi connectivity index (χ3n) is 3.21. The molecule has 3 N–H and O–H groups in total. The second kappa shape index (κ2) is 9.87. The number of hydrogen-bond acceptors (Lipinski definition) is 4. The topological polar surface area (TPSA) is 87.3 Å². The number of hydrogen-bond donors (Lipinski definition) is 3. The number of rotatable bonds is 8. The number of carbonyl (C=O) groups excluding carboxylic acids is 1. The van der Waals surface area contributed by atoms with Gasteiger partial charge in [0.05, 0.1) is 4.90 Å². The van der Waals surface area contributed by atoms with Crippen LogP contribution in [0.2, 0.25) is 0 Å². The second-order valence-electron chi connectivity index (χ2n) is 5.33. The Hall–Kier alpha value is -1.15. The van der Waals surface area contributed by atoms with Gasteiger partial charge in [-0.05, 0) is 38.9 Å².